The molecular weight excluding hydrogens is 338 g/mol. The number of carbonyl (C=O) groups is 1. The Balaban J connectivity index is 1.46. The predicted octanol–water partition coefficient (Wildman–Crippen LogP) is 3.31. The van der Waals surface area contributed by atoms with Crippen LogP contribution in [0.1, 0.15) is 41.3 Å². The molecule has 0 bridgehead atoms. The summed E-state index contributed by atoms with van der Waals surface area (Å²) in [7, 11) is 0. The maximum Gasteiger partial charge on any atom is 0.227 e. The van der Waals surface area contributed by atoms with Crippen molar-refractivity contribution in [3.63, 3.8) is 0 Å². The summed E-state index contributed by atoms with van der Waals surface area (Å²) in [4.78, 5) is 23.0. The molecule has 2 N–H and O–H groups in total. The van der Waals surface area contributed by atoms with Crippen LogP contribution in [0.2, 0.25) is 0 Å². The molecule has 0 saturated carbocycles. The number of nitrogens with zero attached hydrogens (tertiary/aromatic N) is 2. The lowest BCUT2D eigenvalue weighted by Crippen LogP contribution is -2.40. The highest BCUT2D eigenvalue weighted by molar-refractivity contribution is 5.80. The van der Waals surface area contributed by atoms with E-state index in [0.29, 0.717) is 13.0 Å². The molecule has 4 rings (SSSR count). The smallest absolute Gasteiger partial charge is 0.227 e. The van der Waals surface area contributed by atoms with Crippen LogP contribution in [0, 0.1) is 6.92 Å². The number of carbonyl (C=O) groups excluding carboxylic acids is 1. The van der Waals surface area contributed by atoms with Crippen molar-refractivity contribution in [1.82, 2.24) is 14.9 Å². The molecule has 2 heterocycles. The molecule has 3 aromatic rings. The van der Waals surface area contributed by atoms with Crippen LogP contribution in [0.15, 0.2) is 42.5 Å². The van der Waals surface area contributed by atoms with Crippen molar-refractivity contribution in [1.29, 1.82) is 0 Å². The van der Waals surface area contributed by atoms with Gasteiger partial charge in [0, 0.05) is 19.0 Å². The number of hydrogen-bond donors (Lipinski definition) is 2. The number of aliphatic hydroxyl groups is 1. The zero-order valence-corrected chi connectivity index (χ0v) is 15.6. The van der Waals surface area contributed by atoms with E-state index in [1.807, 2.05) is 35.2 Å². The minimum atomic E-state index is 0.0268. The van der Waals surface area contributed by atoms with Gasteiger partial charge in [0.2, 0.25) is 5.91 Å². The van der Waals surface area contributed by atoms with E-state index in [-0.39, 0.29) is 18.4 Å². The molecule has 27 heavy (non-hydrogen) atoms. The lowest BCUT2D eigenvalue weighted by atomic mass is 9.96. The van der Waals surface area contributed by atoms with Gasteiger partial charge in [-0.1, -0.05) is 36.4 Å². The summed E-state index contributed by atoms with van der Waals surface area (Å²) >= 11 is 0. The average Bonchev–Trinajstić information content (AvgIpc) is 3.14. The van der Waals surface area contributed by atoms with E-state index in [1.54, 1.807) is 0 Å². The van der Waals surface area contributed by atoms with Gasteiger partial charge in [-0.05, 0) is 42.5 Å². The van der Waals surface area contributed by atoms with E-state index in [2.05, 4.69) is 24.0 Å². The highest BCUT2D eigenvalue weighted by Gasteiger charge is 2.26. The van der Waals surface area contributed by atoms with Gasteiger partial charge >= 0.3 is 0 Å². The third-order valence-corrected chi connectivity index (χ3v) is 5.45. The summed E-state index contributed by atoms with van der Waals surface area (Å²) in [6, 6.07) is 13.8. The number of aromatic nitrogens is 2. The standard InChI is InChI=1S/C22H25N3O2/c1-15-4-2-6-19-21(15)24-22(23-19)18-5-3-11-25(13-18)20(27)12-16-7-9-17(14-26)10-8-16/h2,4,6-10,18,26H,3,5,11-14H2,1H3,(H,23,24). The van der Waals surface area contributed by atoms with Crippen molar-refractivity contribution >= 4 is 16.9 Å². The molecule has 140 valence electrons. The number of likely N-dealkylation sites (tertiary alicyclic amines) is 1. The fraction of sp³-hybridized carbons (Fsp3) is 0.364. The topological polar surface area (TPSA) is 69.2 Å². The minimum Gasteiger partial charge on any atom is -0.392 e. The second-order valence-corrected chi connectivity index (χ2v) is 7.42. The van der Waals surface area contributed by atoms with Crippen LogP contribution in [-0.4, -0.2) is 39.0 Å². The summed E-state index contributed by atoms with van der Waals surface area (Å²) in [6.07, 6.45) is 2.45. The minimum absolute atomic E-state index is 0.0268. The number of para-hydroxylation sites is 1. The second kappa shape index (κ2) is 7.53. The lowest BCUT2D eigenvalue weighted by Gasteiger charge is -2.32. The van der Waals surface area contributed by atoms with E-state index in [1.165, 1.54) is 5.56 Å². The fourth-order valence-electron chi connectivity index (χ4n) is 3.86. The highest BCUT2D eigenvalue weighted by atomic mass is 16.3. The normalized spacial score (nSPS) is 17.4. The monoisotopic (exact) mass is 363 g/mol. The molecule has 1 atom stereocenters. The number of amides is 1. The summed E-state index contributed by atoms with van der Waals surface area (Å²) in [6.45, 7) is 3.63. The number of fused-ring (bicyclic) bond motifs is 1. The van der Waals surface area contributed by atoms with Gasteiger partial charge in [-0.25, -0.2) is 4.98 Å². The molecule has 1 aromatic heterocycles. The fourth-order valence-corrected chi connectivity index (χ4v) is 3.86. The van der Waals surface area contributed by atoms with Crippen molar-refractivity contribution in [2.45, 2.75) is 38.7 Å². The maximum atomic E-state index is 12.8. The molecular formula is C22H25N3O2. The number of imidazole rings is 1. The van der Waals surface area contributed by atoms with Crippen LogP contribution in [0.5, 0.6) is 0 Å². The summed E-state index contributed by atoms with van der Waals surface area (Å²) in [5.41, 5.74) is 5.12. The van der Waals surface area contributed by atoms with E-state index < -0.39 is 0 Å². The van der Waals surface area contributed by atoms with Crippen molar-refractivity contribution in [2.24, 2.45) is 0 Å². The molecule has 1 aliphatic heterocycles. The lowest BCUT2D eigenvalue weighted by molar-refractivity contribution is -0.131. The summed E-state index contributed by atoms with van der Waals surface area (Å²) in [5, 5.41) is 9.14. The Morgan fingerprint density at radius 2 is 2.00 bits per heavy atom. The molecule has 1 saturated heterocycles. The van der Waals surface area contributed by atoms with Crippen LogP contribution in [0.25, 0.3) is 11.0 Å². The Bertz CT molecular complexity index is 946. The molecule has 0 aliphatic carbocycles. The average molecular weight is 363 g/mol. The van der Waals surface area contributed by atoms with Gasteiger partial charge in [0.1, 0.15) is 5.82 Å². The Hall–Kier alpha value is -2.66. The number of rotatable bonds is 4. The Morgan fingerprint density at radius 1 is 1.22 bits per heavy atom. The zero-order valence-electron chi connectivity index (χ0n) is 15.6. The van der Waals surface area contributed by atoms with Gasteiger partial charge in [-0.15, -0.1) is 0 Å². The molecule has 1 unspecified atom stereocenters. The first-order chi connectivity index (χ1) is 13.1. The molecule has 0 spiro atoms. The molecule has 5 heteroatoms. The summed E-state index contributed by atoms with van der Waals surface area (Å²) < 4.78 is 0. The summed E-state index contributed by atoms with van der Waals surface area (Å²) in [5.74, 6) is 1.40. The molecule has 0 radical (unpaired) electrons. The van der Waals surface area contributed by atoms with Crippen LogP contribution in [0.3, 0.4) is 0 Å². The van der Waals surface area contributed by atoms with Gasteiger partial charge in [-0.3, -0.25) is 4.79 Å². The van der Waals surface area contributed by atoms with Crippen molar-refractivity contribution < 1.29 is 9.90 Å². The van der Waals surface area contributed by atoms with Crippen LogP contribution in [0.4, 0.5) is 0 Å². The number of benzene rings is 2. The quantitative estimate of drug-likeness (QED) is 0.747. The van der Waals surface area contributed by atoms with Gasteiger partial charge in [0.25, 0.3) is 0 Å². The van der Waals surface area contributed by atoms with Crippen LogP contribution in [-0.2, 0) is 17.8 Å². The van der Waals surface area contributed by atoms with Crippen molar-refractivity contribution in [2.75, 3.05) is 13.1 Å². The molecule has 1 fully saturated rings. The van der Waals surface area contributed by atoms with Crippen molar-refractivity contribution in [3.8, 4) is 0 Å². The largest absolute Gasteiger partial charge is 0.392 e. The first-order valence-electron chi connectivity index (χ1n) is 9.55. The number of aromatic amines is 1. The van der Waals surface area contributed by atoms with E-state index in [9.17, 15) is 4.79 Å². The molecule has 5 nitrogen and oxygen atoms in total. The number of hydrogen-bond acceptors (Lipinski definition) is 3. The molecule has 1 amide bonds. The maximum absolute atomic E-state index is 12.8. The number of aryl methyl sites for hydroxylation is 1. The molecule has 2 aromatic carbocycles. The van der Waals surface area contributed by atoms with Gasteiger partial charge in [0.15, 0.2) is 0 Å². The van der Waals surface area contributed by atoms with Gasteiger partial charge in [-0.2, -0.15) is 0 Å². The predicted molar refractivity (Wildman–Crippen MR) is 105 cm³/mol. The zero-order chi connectivity index (χ0) is 18.8. The first-order valence-corrected chi connectivity index (χ1v) is 9.55. The van der Waals surface area contributed by atoms with E-state index in [4.69, 9.17) is 10.1 Å². The number of piperidine rings is 1. The van der Waals surface area contributed by atoms with Gasteiger partial charge in [0.05, 0.1) is 24.1 Å². The Morgan fingerprint density at radius 3 is 2.74 bits per heavy atom. The second-order valence-electron chi connectivity index (χ2n) is 7.42. The SMILES string of the molecule is Cc1cccc2[nH]c(C3CCCN(C(=O)Cc4ccc(CO)cc4)C3)nc12. The van der Waals surface area contributed by atoms with Crippen LogP contribution >= 0.6 is 0 Å². The number of nitrogens with one attached hydrogen (secondary N) is 1. The number of aliphatic hydroxyl groups excluding tert-OH is 1. The Kier molecular flexibility index (Phi) is 4.94. The van der Waals surface area contributed by atoms with Gasteiger partial charge < -0.3 is 15.0 Å². The number of H-pyrrole nitrogens is 1. The third-order valence-electron chi connectivity index (χ3n) is 5.45. The van der Waals surface area contributed by atoms with Crippen molar-refractivity contribution in [3.05, 3.63) is 65.0 Å². The van der Waals surface area contributed by atoms with E-state index in [0.717, 1.165) is 47.4 Å². The van der Waals surface area contributed by atoms with E-state index >= 15 is 0 Å². The van der Waals surface area contributed by atoms with Crippen LogP contribution < -0.4 is 0 Å². The highest BCUT2D eigenvalue weighted by Crippen LogP contribution is 2.28. The third kappa shape index (κ3) is 3.74. The molecule has 1 aliphatic rings. The Labute approximate surface area is 159 Å². The first kappa shape index (κ1) is 17.7.